The predicted octanol–water partition coefficient (Wildman–Crippen LogP) is 2.25. The lowest BCUT2D eigenvalue weighted by Gasteiger charge is -2.34. The van der Waals surface area contributed by atoms with Crippen molar-refractivity contribution in [3.05, 3.63) is 0 Å². The van der Waals surface area contributed by atoms with Crippen LogP contribution in [0.5, 0.6) is 0 Å². The van der Waals surface area contributed by atoms with Crippen molar-refractivity contribution in [3.63, 3.8) is 0 Å². The summed E-state index contributed by atoms with van der Waals surface area (Å²) in [7, 11) is 2.13. The third-order valence-corrected chi connectivity index (χ3v) is 4.03. The van der Waals surface area contributed by atoms with Gasteiger partial charge in [-0.2, -0.15) is 0 Å². The Balaban J connectivity index is 2.26. The zero-order valence-electron chi connectivity index (χ0n) is 9.25. The van der Waals surface area contributed by atoms with E-state index < -0.39 is 0 Å². The molecule has 0 bridgehead atoms. The molecule has 2 nitrogen and oxygen atoms in total. The van der Waals surface area contributed by atoms with E-state index in [2.05, 4.69) is 34.8 Å². The smallest absolute Gasteiger partial charge is 0.0763 e. The Hall–Kier alpha value is 0.400. The fourth-order valence-electron chi connectivity index (χ4n) is 2.21. The predicted molar refractivity (Wildman–Crippen MR) is 63.9 cm³/mol. The number of hydrogen-bond donors (Lipinski definition) is 1. The van der Waals surface area contributed by atoms with Crippen molar-refractivity contribution in [2.75, 3.05) is 18.9 Å². The van der Waals surface area contributed by atoms with Crippen molar-refractivity contribution < 1.29 is 5.11 Å². The normalized spacial score (nSPS) is 30.6. The first kappa shape index (κ1) is 12.5. The first-order valence-electron chi connectivity index (χ1n) is 5.57. The van der Waals surface area contributed by atoms with E-state index in [1.54, 1.807) is 0 Å². The molecule has 0 aromatic rings. The first-order valence-corrected chi connectivity index (χ1v) is 6.70. The Morgan fingerprint density at radius 3 is 2.43 bits per heavy atom. The van der Waals surface area contributed by atoms with Crippen LogP contribution in [0.4, 0.5) is 0 Å². The number of hydrogen-bond acceptors (Lipinski definition) is 2. The molecular formula is C11H22BrNO. The minimum Gasteiger partial charge on any atom is -0.391 e. The van der Waals surface area contributed by atoms with Gasteiger partial charge >= 0.3 is 0 Å². The van der Waals surface area contributed by atoms with Gasteiger partial charge in [-0.25, -0.2) is 0 Å². The molecule has 1 aliphatic carbocycles. The lowest BCUT2D eigenvalue weighted by molar-refractivity contribution is 0.0989. The van der Waals surface area contributed by atoms with Crippen molar-refractivity contribution in [1.82, 2.24) is 4.90 Å². The van der Waals surface area contributed by atoms with Crippen LogP contribution in [0.1, 0.15) is 32.6 Å². The minimum absolute atomic E-state index is 0.223. The van der Waals surface area contributed by atoms with Gasteiger partial charge in [-0.05, 0) is 38.6 Å². The number of halogens is 1. The summed E-state index contributed by atoms with van der Waals surface area (Å²) >= 11 is 3.30. The number of nitrogens with zero attached hydrogens (tertiary/aromatic N) is 1. The van der Waals surface area contributed by atoms with E-state index in [1.807, 2.05) is 0 Å². The van der Waals surface area contributed by atoms with Gasteiger partial charge in [-0.3, -0.25) is 0 Å². The molecule has 84 valence electrons. The highest BCUT2D eigenvalue weighted by Gasteiger charge is 2.22. The Labute approximate surface area is 95.8 Å². The summed E-state index contributed by atoms with van der Waals surface area (Å²) in [5, 5.41) is 10.2. The SMILES string of the molecule is CC1CCC(N(C)CC(O)CBr)CC1. The van der Waals surface area contributed by atoms with Gasteiger partial charge in [0.15, 0.2) is 0 Å². The maximum absolute atomic E-state index is 9.52. The quantitative estimate of drug-likeness (QED) is 0.787. The molecule has 0 aromatic carbocycles. The third kappa shape index (κ3) is 3.87. The molecule has 0 aromatic heterocycles. The van der Waals surface area contributed by atoms with Gasteiger partial charge in [-0.15, -0.1) is 0 Å². The summed E-state index contributed by atoms with van der Waals surface area (Å²) in [6.45, 7) is 3.13. The van der Waals surface area contributed by atoms with Crippen LogP contribution >= 0.6 is 15.9 Å². The minimum atomic E-state index is -0.223. The van der Waals surface area contributed by atoms with Gasteiger partial charge in [0, 0.05) is 17.9 Å². The number of aliphatic hydroxyl groups excluding tert-OH is 1. The summed E-state index contributed by atoms with van der Waals surface area (Å²) in [5.74, 6) is 0.903. The van der Waals surface area contributed by atoms with Crippen LogP contribution in [0.2, 0.25) is 0 Å². The molecule has 0 aliphatic heterocycles. The molecule has 1 aliphatic rings. The van der Waals surface area contributed by atoms with Crippen LogP contribution in [-0.2, 0) is 0 Å². The maximum Gasteiger partial charge on any atom is 0.0763 e. The zero-order chi connectivity index (χ0) is 10.6. The molecule has 0 amide bonds. The molecule has 0 radical (unpaired) electrons. The van der Waals surface area contributed by atoms with Gasteiger partial charge in [0.05, 0.1) is 6.10 Å². The Morgan fingerprint density at radius 2 is 1.93 bits per heavy atom. The van der Waals surface area contributed by atoms with Crippen molar-refractivity contribution in [1.29, 1.82) is 0 Å². The Bertz CT molecular complexity index is 157. The summed E-state index contributed by atoms with van der Waals surface area (Å²) in [4.78, 5) is 2.32. The van der Waals surface area contributed by atoms with Crippen molar-refractivity contribution in [2.45, 2.75) is 44.8 Å². The van der Waals surface area contributed by atoms with Gasteiger partial charge in [0.25, 0.3) is 0 Å². The molecule has 1 saturated carbocycles. The summed E-state index contributed by atoms with van der Waals surface area (Å²) in [6.07, 6.45) is 5.07. The molecule has 1 rings (SSSR count). The molecular weight excluding hydrogens is 242 g/mol. The third-order valence-electron chi connectivity index (χ3n) is 3.29. The highest BCUT2D eigenvalue weighted by Crippen LogP contribution is 2.26. The molecule has 1 fully saturated rings. The van der Waals surface area contributed by atoms with E-state index in [4.69, 9.17) is 0 Å². The number of aliphatic hydroxyl groups is 1. The maximum atomic E-state index is 9.52. The summed E-state index contributed by atoms with van der Waals surface area (Å²) in [6, 6.07) is 0.694. The molecule has 1 unspecified atom stereocenters. The van der Waals surface area contributed by atoms with E-state index >= 15 is 0 Å². The van der Waals surface area contributed by atoms with Crippen LogP contribution in [0, 0.1) is 5.92 Å². The fraction of sp³-hybridized carbons (Fsp3) is 1.00. The standard InChI is InChI=1S/C11H22BrNO/c1-9-3-5-10(6-4-9)13(2)8-11(14)7-12/h9-11,14H,3-8H2,1-2H3. The molecule has 0 spiro atoms. The van der Waals surface area contributed by atoms with E-state index in [0.29, 0.717) is 11.4 Å². The molecule has 1 N–H and O–H groups in total. The second-order valence-electron chi connectivity index (χ2n) is 4.66. The topological polar surface area (TPSA) is 23.5 Å². The van der Waals surface area contributed by atoms with Crippen LogP contribution in [0.25, 0.3) is 0 Å². The van der Waals surface area contributed by atoms with Crippen LogP contribution < -0.4 is 0 Å². The molecule has 1 atom stereocenters. The van der Waals surface area contributed by atoms with E-state index in [9.17, 15) is 5.11 Å². The highest BCUT2D eigenvalue weighted by molar-refractivity contribution is 9.09. The van der Waals surface area contributed by atoms with Crippen LogP contribution in [0.3, 0.4) is 0 Å². The van der Waals surface area contributed by atoms with Gasteiger partial charge in [-0.1, -0.05) is 22.9 Å². The zero-order valence-corrected chi connectivity index (χ0v) is 10.8. The number of likely N-dealkylation sites (N-methyl/N-ethyl adjacent to an activating group) is 1. The lowest BCUT2D eigenvalue weighted by Crippen LogP contribution is -2.40. The monoisotopic (exact) mass is 263 g/mol. The second-order valence-corrected chi connectivity index (χ2v) is 5.31. The average Bonchev–Trinajstić information content (AvgIpc) is 2.18. The first-order chi connectivity index (χ1) is 6.63. The number of rotatable bonds is 4. The summed E-state index contributed by atoms with van der Waals surface area (Å²) in [5.41, 5.74) is 0. The second kappa shape index (κ2) is 6.09. The fourth-order valence-corrected chi connectivity index (χ4v) is 2.42. The largest absolute Gasteiger partial charge is 0.391 e. The Morgan fingerprint density at radius 1 is 1.36 bits per heavy atom. The van der Waals surface area contributed by atoms with E-state index in [-0.39, 0.29) is 6.10 Å². The number of alkyl halides is 1. The van der Waals surface area contributed by atoms with Crippen molar-refractivity contribution in [2.24, 2.45) is 5.92 Å². The summed E-state index contributed by atoms with van der Waals surface area (Å²) < 4.78 is 0. The molecule has 14 heavy (non-hydrogen) atoms. The van der Waals surface area contributed by atoms with Crippen LogP contribution in [-0.4, -0.2) is 41.1 Å². The van der Waals surface area contributed by atoms with Crippen molar-refractivity contribution >= 4 is 15.9 Å². The van der Waals surface area contributed by atoms with E-state index in [1.165, 1.54) is 25.7 Å². The Kier molecular flexibility index (Phi) is 5.42. The molecule has 0 heterocycles. The van der Waals surface area contributed by atoms with Gasteiger partial charge in [0.2, 0.25) is 0 Å². The van der Waals surface area contributed by atoms with Crippen LogP contribution in [0.15, 0.2) is 0 Å². The average molecular weight is 264 g/mol. The highest BCUT2D eigenvalue weighted by atomic mass is 79.9. The molecule has 3 heteroatoms. The van der Waals surface area contributed by atoms with E-state index in [0.717, 1.165) is 12.5 Å². The van der Waals surface area contributed by atoms with Gasteiger partial charge in [0.1, 0.15) is 0 Å². The molecule has 0 saturated heterocycles. The lowest BCUT2D eigenvalue weighted by atomic mass is 9.87. The van der Waals surface area contributed by atoms with Crippen molar-refractivity contribution in [3.8, 4) is 0 Å². The van der Waals surface area contributed by atoms with Gasteiger partial charge < -0.3 is 10.0 Å².